The summed E-state index contributed by atoms with van der Waals surface area (Å²) in [4.78, 5) is 12.0. The molecule has 0 aromatic carbocycles. The molecule has 5 heteroatoms. The zero-order chi connectivity index (χ0) is 9.10. The first kappa shape index (κ1) is 8.59. The molecule has 0 radical (unpaired) electrons. The summed E-state index contributed by atoms with van der Waals surface area (Å²) in [5, 5.41) is 3.45. The molecule has 0 aliphatic carbocycles. The standard InChI is InChI=1S/C8H6ClN3S/c9-7-3-6(11-5-12-7)4-8-10-1-2-13-8/h1-3,5H,4H2. The van der Waals surface area contributed by atoms with Gasteiger partial charge in [0.05, 0.1) is 10.7 Å². The lowest BCUT2D eigenvalue weighted by molar-refractivity contribution is 1.01. The zero-order valence-electron chi connectivity index (χ0n) is 6.64. The van der Waals surface area contributed by atoms with E-state index in [-0.39, 0.29) is 0 Å². The van der Waals surface area contributed by atoms with Gasteiger partial charge in [0.25, 0.3) is 0 Å². The van der Waals surface area contributed by atoms with Crippen molar-refractivity contribution in [2.75, 3.05) is 0 Å². The van der Waals surface area contributed by atoms with E-state index in [1.54, 1.807) is 23.6 Å². The molecule has 0 amide bonds. The summed E-state index contributed by atoms with van der Waals surface area (Å²) in [5.74, 6) is 0. The van der Waals surface area contributed by atoms with Crippen LogP contribution in [0, 0.1) is 0 Å². The van der Waals surface area contributed by atoms with E-state index >= 15 is 0 Å². The highest BCUT2D eigenvalue weighted by Gasteiger charge is 2.00. The molecule has 0 aliphatic heterocycles. The van der Waals surface area contributed by atoms with Gasteiger partial charge in [0.15, 0.2) is 0 Å². The van der Waals surface area contributed by atoms with Crippen molar-refractivity contribution in [3.63, 3.8) is 0 Å². The van der Waals surface area contributed by atoms with Crippen molar-refractivity contribution in [2.45, 2.75) is 6.42 Å². The Labute approximate surface area is 84.5 Å². The van der Waals surface area contributed by atoms with Crippen LogP contribution in [0.25, 0.3) is 0 Å². The maximum Gasteiger partial charge on any atom is 0.132 e. The number of thiazole rings is 1. The molecule has 3 nitrogen and oxygen atoms in total. The van der Waals surface area contributed by atoms with Crippen LogP contribution in [0.5, 0.6) is 0 Å². The van der Waals surface area contributed by atoms with Crippen LogP contribution < -0.4 is 0 Å². The van der Waals surface area contributed by atoms with E-state index in [9.17, 15) is 0 Å². The maximum atomic E-state index is 5.72. The molecule has 0 saturated heterocycles. The van der Waals surface area contributed by atoms with E-state index in [4.69, 9.17) is 11.6 Å². The molecule has 0 aliphatic rings. The first-order valence-corrected chi connectivity index (χ1v) is 4.95. The van der Waals surface area contributed by atoms with Gasteiger partial charge >= 0.3 is 0 Å². The van der Waals surface area contributed by atoms with Crippen molar-refractivity contribution in [3.05, 3.63) is 39.8 Å². The number of hydrogen-bond donors (Lipinski definition) is 0. The van der Waals surface area contributed by atoms with Gasteiger partial charge in [0, 0.05) is 18.0 Å². The fraction of sp³-hybridized carbons (Fsp3) is 0.125. The zero-order valence-corrected chi connectivity index (χ0v) is 8.22. The van der Waals surface area contributed by atoms with E-state index < -0.39 is 0 Å². The third kappa shape index (κ3) is 2.23. The van der Waals surface area contributed by atoms with Crippen molar-refractivity contribution in [1.82, 2.24) is 15.0 Å². The van der Waals surface area contributed by atoms with Crippen LogP contribution in [-0.2, 0) is 6.42 Å². The number of hydrogen-bond acceptors (Lipinski definition) is 4. The summed E-state index contributed by atoms with van der Waals surface area (Å²) < 4.78 is 0. The monoisotopic (exact) mass is 211 g/mol. The van der Waals surface area contributed by atoms with Crippen LogP contribution in [-0.4, -0.2) is 15.0 Å². The van der Waals surface area contributed by atoms with E-state index in [1.807, 2.05) is 5.38 Å². The van der Waals surface area contributed by atoms with Gasteiger partial charge in [-0.1, -0.05) is 11.6 Å². The van der Waals surface area contributed by atoms with Gasteiger partial charge in [-0.25, -0.2) is 15.0 Å². The van der Waals surface area contributed by atoms with Crippen molar-refractivity contribution >= 4 is 22.9 Å². The molecule has 0 atom stereocenters. The lowest BCUT2D eigenvalue weighted by Gasteiger charge is -1.95. The van der Waals surface area contributed by atoms with Crippen LogP contribution >= 0.6 is 22.9 Å². The summed E-state index contributed by atoms with van der Waals surface area (Å²) in [5.41, 5.74) is 0.898. The first-order chi connectivity index (χ1) is 6.34. The van der Waals surface area contributed by atoms with Crippen molar-refractivity contribution in [3.8, 4) is 0 Å². The van der Waals surface area contributed by atoms with Gasteiger partial charge in [0.2, 0.25) is 0 Å². The number of rotatable bonds is 2. The summed E-state index contributed by atoms with van der Waals surface area (Å²) in [6.07, 6.45) is 3.97. The minimum absolute atomic E-state index is 0.474. The predicted molar refractivity (Wildman–Crippen MR) is 52.0 cm³/mol. The topological polar surface area (TPSA) is 38.7 Å². The van der Waals surface area contributed by atoms with Gasteiger partial charge < -0.3 is 0 Å². The highest BCUT2D eigenvalue weighted by molar-refractivity contribution is 7.09. The third-order valence-electron chi connectivity index (χ3n) is 1.51. The smallest absolute Gasteiger partial charge is 0.132 e. The maximum absolute atomic E-state index is 5.72. The molecule has 0 N–H and O–H groups in total. The quantitative estimate of drug-likeness (QED) is 0.715. The second kappa shape index (κ2) is 3.81. The molecule has 2 aromatic rings. The van der Waals surface area contributed by atoms with Crippen LogP contribution in [0.2, 0.25) is 5.15 Å². The second-order valence-corrected chi connectivity index (χ2v) is 3.80. The highest BCUT2D eigenvalue weighted by Crippen LogP contribution is 2.11. The molecule has 2 rings (SSSR count). The molecule has 13 heavy (non-hydrogen) atoms. The van der Waals surface area contributed by atoms with Gasteiger partial charge in [-0.2, -0.15) is 0 Å². The van der Waals surface area contributed by atoms with Crippen LogP contribution in [0.3, 0.4) is 0 Å². The Morgan fingerprint density at radius 2 is 2.23 bits per heavy atom. The minimum Gasteiger partial charge on any atom is -0.249 e. The molecule has 0 fully saturated rings. The van der Waals surface area contributed by atoms with Crippen molar-refractivity contribution < 1.29 is 0 Å². The van der Waals surface area contributed by atoms with Crippen molar-refractivity contribution in [1.29, 1.82) is 0 Å². The Hall–Kier alpha value is -1.00. The van der Waals surface area contributed by atoms with Gasteiger partial charge in [-0.3, -0.25) is 0 Å². The van der Waals surface area contributed by atoms with Crippen LogP contribution in [0.1, 0.15) is 10.7 Å². The minimum atomic E-state index is 0.474. The lowest BCUT2D eigenvalue weighted by atomic mass is 10.3. The average molecular weight is 212 g/mol. The molecule has 2 aromatic heterocycles. The van der Waals surface area contributed by atoms with Crippen molar-refractivity contribution in [2.24, 2.45) is 0 Å². The van der Waals surface area contributed by atoms with E-state index in [1.165, 1.54) is 6.33 Å². The first-order valence-electron chi connectivity index (χ1n) is 3.69. The molecular formula is C8H6ClN3S. The molecule has 0 saturated carbocycles. The van der Waals surface area contributed by atoms with Crippen LogP contribution in [0.15, 0.2) is 24.0 Å². The SMILES string of the molecule is Clc1cc(Cc2nccs2)ncn1. The van der Waals surface area contributed by atoms with Crippen LogP contribution in [0.4, 0.5) is 0 Å². The Kier molecular flexibility index (Phi) is 2.52. The normalized spacial score (nSPS) is 10.2. The summed E-state index contributed by atoms with van der Waals surface area (Å²) in [7, 11) is 0. The summed E-state index contributed by atoms with van der Waals surface area (Å²) >= 11 is 7.33. The fourth-order valence-corrected chi connectivity index (χ4v) is 1.76. The predicted octanol–water partition coefficient (Wildman–Crippen LogP) is 2.18. The Bertz CT molecular complexity index is 388. The average Bonchev–Trinajstić information content (AvgIpc) is 2.57. The fourth-order valence-electron chi connectivity index (χ4n) is 0.962. The number of halogens is 1. The van der Waals surface area contributed by atoms with E-state index in [0.717, 1.165) is 17.1 Å². The summed E-state index contributed by atoms with van der Waals surface area (Å²) in [6, 6.07) is 1.75. The highest BCUT2D eigenvalue weighted by atomic mass is 35.5. The molecule has 66 valence electrons. The van der Waals surface area contributed by atoms with Gasteiger partial charge in [-0.05, 0) is 6.07 Å². The molecule has 0 unspecified atom stereocenters. The molecule has 2 heterocycles. The van der Waals surface area contributed by atoms with E-state index in [2.05, 4.69) is 15.0 Å². The Morgan fingerprint density at radius 1 is 1.31 bits per heavy atom. The molecular weight excluding hydrogens is 206 g/mol. The number of nitrogens with zero attached hydrogens (tertiary/aromatic N) is 3. The molecule has 0 bridgehead atoms. The number of aromatic nitrogens is 3. The van der Waals surface area contributed by atoms with Gasteiger partial charge in [-0.15, -0.1) is 11.3 Å². The van der Waals surface area contributed by atoms with E-state index in [0.29, 0.717) is 5.15 Å². The van der Waals surface area contributed by atoms with Gasteiger partial charge in [0.1, 0.15) is 11.5 Å². The Balaban J connectivity index is 2.19. The second-order valence-electron chi connectivity index (χ2n) is 2.43. The lowest BCUT2D eigenvalue weighted by Crippen LogP contribution is -1.92. The summed E-state index contributed by atoms with van der Waals surface area (Å²) in [6.45, 7) is 0. The largest absolute Gasteiger partial charge is 0.249 e. The Morgan fingerprint density at radius 3 is 2.92 bits per heavy atom. The molecule has 0 spiro atoms. The third-order valence-corrected chi connectivity index (χ3v) is 2.49.